The standard InChI is InChI=1S/C17H26N2O/c1-13(18)17(20)8-10-19(11-9-17)16-7-6-14-4-2-3-5-15(14)12-16/h2-5,13,16,20H,6-12,18H2,1H3/t13-,16-/m1/s1. The number of piperidine rings is 1. The second-order valence-corrected chi connectivity index (χ2v) is 6.59. The van der Waals surface area contributed by atoms with Crippen LogP contribution >= 0.6 is 0 Å². The van der Waals surface area contributed by atoms with E-state index in [9.17, 15) is 5.11 Å². The first kappa shape index (κ1) is 14.1. The second-order valence-electron chi connectivity index (χ2n) is 6.59. The van der Waals surface area contributed by atoms with Crippen molar-refractivity contribution in [3.8, 4) is 0 Å². The summed E-state index contributed by atoms with van der Waals surface area (Å²) in [5.41, 5.74) is 8.30. The summed E-state index contributed by atoms with van der Waals surface area (Å²) in [6, 6.07) is 9.33. The van der Waals surface area contributed by atoms with E-state index in [1.165, 1.54) is 24.0 Å². The van der Waals surface area contributed by atoms with E-state index in [0.29, 0.717) is 6.04 Å². The molecule has 1 aromatic carbocycles. The molecule has 0 aromatic heterocycles. The van der Waals surface area contributed by atoms with E-state index in [0.717, 1.165) is 32.4 Å². The molecule has 1 saturated heterocycles. The van der Waals surface area contributed by atoms with Crippen LogP contribution in [0.15, 0.2) is 24.3 Å². The molecule has 3 rings (SSSR count). The number of hydrogen-bond donors (Lipinski definition) is 2. The van der Waals surface area contributed by atoms with Crippen LogP contribution in [0.25, 0.3) is 0 Å². The minimum atomic E-state index is -0.650. The Morgan fingerprint density at radius 3 is 2.55 bits per heavy atom. The van der Waals surface area contributed by atoms with Gasteiger partial charge in [0.2, 0.25) is 0 Å². The normalized spacial score (nSPS) is 27.9. The maximum atomic E-state index is 10.5. The maximum absolute atomic E-state index is 10.5. The molecule has 1 aromatic rings. The van der Waals surface area contributed by atoms with Crippen molar-refractivity contribution in [3.05, 3.63) is 35.4 Å². The Morgan fingerprint density at radius 1 is 1.25 bits per heavy atom. The Hall–Kier alpha value is -0.900. The fraction of sp³-hybridized carbons (Fsp3) is 0.647. The lowest BCUT2D eigenvalue weighted by atomic mass is 9.82. The van der Waals surface area contributed by atoms with Crippen LogP contribution in [0.5, 0.6) is 0 Å². The van der Waals surface area contributed by atoms with Crippen molar-refractivity contribution < 1.29 is 5.11 Å². The highest BCUT2D eigenvalue weighted by atomic mass is 16.3. The molecule has 0 radical (unpaired) electrons. The number of fused-ring (bicyclic) bond motifs is 1. The lowest BCUT2D eigenvalue weighted by Gasteiger charge is -2.44. The predicted octanol–water partition coefficient (Wildman–Crippen LogP) is 1.72. The van der Waals surface area contributed by atoms with E-state index in [-0.39, 0.29) is 6.04 Å². The van der Waals surface area contributed by atoms with Crippen LogP contribution in [0.2, 0.25) is 0 Å². The highest BCUT2D eigenvalue weighted by Gasteiger charge is 2.37. The molecule has 110 valence electrons. The van der Waals surface area contributed by atoms with Crippen LogP contribution < -0.4 is 5.73 Å². The first-order chi connectivity index (χ1) is 9.58. The number of rotatable bonds is 2. The van der Waals surface area contributed by atoms with Gasteiger partial charge in [0.15, 0.2) is 0 Å². The van der Waals surface area contributed by atoms with Crippen LogP contribution in [0.1, 0.15) is 37.3 Å². The van der Waals surface area contributed by atoms with Crippen LogP contribution in [0.4, 0.5) is 0 Å². The zero-order valence-corrected chi connectivity index (χ0v) is 12.4. The fourth-order valence-electron chi connectivity index (χ4n) is 3.72. The third-order valence-corrected chi connectivity index (χ3v) is 5.35. The molecule has 3 heteroatoms. The zero-order valence-electron chi connectivity index (χ0n) is 12.4. The summed E-state index contributed by atoms with van der Waals surface area (Å²) in [5.74, 6) is 0. The van der Waals surface area contributed by atoms with E-state index in [1.54, 1.807) is 0 Å². The molecule has 0 unspecified atom stereocenters. The van der Waals surface area contributed by atoms with Gasteiger partial charge in [-0.2, -0.15) is 0 Å². The van der Waals surface area contributed by atoms with Crippen molar-refractivity contribution in [1.82, 2.24) is 4.90 Å². The van der Waals surface area contributed by atoms with E-state index in [4.69, 9.17) is 5.73 Å². The van der Waals surface area contributed by atoms with Crippen molar-refractivity contribution in [2.75, 3.05) is 13.1 Å². The maximum Gasteiger partial charge on any atom is 0.0819 e. The molecule has 1 aliphatic heterocycles. The van der Waals surface area contributed by atoms with Crippen molar-refractivity contribution in [1.29, 1.82) is 0 Å². The molecule has 3 nitrogen and oxygen atoms in total. The average Bonchev–Trinajstić information content (AvgIpc) is 2.47. The Balaban J connectivity index is 1.63. The van der Waals surface area contributed by atoms with Gasteiger partial charge in [0.1, 0.15) is 0 Å². The molecule has 1 heterocycles. The Bertz CT molecular complexity index is 464. The zero-order chi connectivity index (χ0) is 14.2. The summed E-state index contributed by atoms with van der Waals surface area (Å²) in [6.45, 7) is 3.88. The van der Waals surface area contributed by atoms with Gasteiger partial charge in [0.05, 0.1) is 5.60 Å². The minimum absolute atomic E-state index is 0.128. The van der Waals surface area contributed by atoms with Gasteiger partial charge in [-0.1, -0.05) is 24.3 Å². The number of aliphatic hydroxyl groups is 1. The van der Waals surface area contributed by atoms with Crippen molar-refractivity contribution in [2.45, 2.75) is 56.7 Å². The van der Waals surface area contributed by atoms with Gasteiger partial charge in [0, 0.05) is 25.2 Å². The number of benzene rings is 1. The molecule has 2 aliphatic rings. The fourth-order valence-corrected chi connectivity index (χ4v) is 3.72. The monoisotopic (exact) mass is 274 g/mol. The molecule has 1 aliphatic carbocycles. The molecule has 2 atom stereocenters. The van der Waals surface area contributed by atoms with E-state index in [1.807, 2.05) is 6.92 Å². The SMILES string of the molecule is C[C@@H](N)C1(O)CCN([C@@H]2CCc3ccccc3C2)CC1. The highest BCUT2D eigenvalue weighted by molar-refractivity contribution is 5.30. The van der Waals surface area contributed by atoms with E-state index in [2.05, 4.69) is 29.2 Å². The summed E-state index contributed by atoms with van der Waals surface area (Å²) in [5, 5.41) is 10.5. The van der Waals surface area contributed by atoms with Gasteiger partial charge in [-0.05, 0) is 50.2 Å². The van der Waals surface area contributed by atoms with Crippen molar-refractivity contribution >= 4 is 0 Å². The summed E-state index contributed by atoms with van der Waals surface area (Å²) < 4.78 is 0. The van der Waals surface area contributed by atoms with Crippen LogP contribution in [0, 0.1) is 0 Å². The summed E-state index contributed by atoms with van der Waals surface area (Å²) in [4.78, 5) is 2.56. The lowest BCUT2D eigenvalue weighted by Crippen LogP contribution is -2.56. The molecule has 0 bridgehead atoms. The number of likely N-dealkylation sites (tertiary alicyclic amines) is 1. The van der Waals surface area contributed by atoms with Crippen molar-refractivity contribution in [2.24, 2.45) is 5.73 Å². The molecular formula is C17H26N2O. The molecule has 20 heavy (non-hydrogen) atoms. The van der Waals surface area contributed by atoms with Gasteiger partial charge in [-0.25, -0.2) is 0 Å². The summed E-state index contributed by atoms with van der Waals surface area (Å²) in [7, 11) is 0. The van der Waals surface area contributed by atoms with Crippen molar-refractivity contribution in [3.63, 3.8) is 0 Å². The average molecular weight is 274 g/mol. The van der Waals surface area contributed by atoms with E-state index < -0.39 is 5.60 Å². The molecule has 3 N–H and O–H groups in total. The summed E-state index contributed by atoms with van der Waals surface area (Å²) >= 11 is 0. The van der Waals surface area contributed by atoms with Crippen LogP contribution in [-0.4, -0.2) is 40.8 Å². The lowest BCUT2D eigenvalue weighted by molar-refractivity contribution is -0.0463. The largest absolute Gasteiger partial charge is 0.388 e. The number of nitrogens with two attached hydrogens (primary N) is 1. The van der Waals surface area contributed by atoms with Gasteiger partial charge in [0.25, 0.3) is 0 Å². The molecule has 0 saturated carbocycles. The smallest absolute Gasteiger partial charge is 0.0819 e. The molecule has 0 spiro atoms. The third-order valence-electron chi connectivity index (χ3n) is 5.35. The number of aryl methyl sites for hydroxylation is 1. The van der Waals surface area contributed by atoms with Gasteiger partial charge in [-0.3, -0.25) is 4.90 Å². The number of hydrogen-bond acceptors (Lipinski definition) is 3. The Kier molecular flexibility index (Phi) is 3.85. The minimum Gasteiger partial charge on any atom is -0.388 e. The van der Waals surface area contributed by atoms with Crippen LogP contribution in [-0.2, 0) is 12.8 Å². The topological polar surface area (TPSA) is 49.5 Å². The third kappa shape index (κ3) is 2.62. The summed E-state index contributed by atoms with van der Waals surface area (Å²) in [6.07, 6.45) is 5.21. The first-order valence-corrected chi connectivity index (χ1v) is 7.87. The first-order valence-electron chi connectivity index (χ1n) is 7.87. The molecular weight excluding hydrogens is 248 g/mol. The van der Waals surface area contributed by atoms with E-state index >= 15 is 0 Å². The molecule has 1 fully saturated rings. The van der Waals surface area contributed by atoms with Gasteiger partial charge in [-0.15, -0.1) is 0 Å². The quantitative estimate of drug-likeness (QED) is 0.863. The predicted molar refractivity (Wildman–Crippen MR) is 81.7 cm³/mol. The van der Waals surface area contributed by atoms with Crippen LogP contribution in [0.3, 0.4) is 0 Å². The number of nitrogens with zero attached hydrogens (tertiary/aromatic N) is 1. The highest BCUT2D eigenvalue weighted by Crippen LogP contribution is 2.30. The van der Waals surface area contributed by atoms with Gasteiger partial charge < -0.3 is 10.8 Å². The Labute approximate surface area is 121 Å². The molecule has 0 amide bonds. The van der Waals surface area contributed by atoms with Gasteiger partial charge >= 0.3 is 0 Å². The Morgan fingerprint density at radius 2 is 1.90 bits per heavy atom. The second kappa shape index (κ2) is 5.47.